The van der Waals surface area contributed by atoms with E-state index in [1.807, 2.05) is 0 Å². The second-order valence-electron chi connectivity index (χ2n) is 11.9. The Morgan fingerprint density at radius 3 is 2.22 bits per heavy atom. The Labute approximate surface area is 246 Å². The van der Waals surface area contributed by atoms with Crippen molar-refractivity contribution in [2.24, 2.45) is 5.92 Å². The van der Waals surface area contributed by atoms with Crippen molar-refractivity contribution >= 4 is 21.8 Å². The van der Waals surface area contributed by atoms with Gasteiger partial charge in [0.15, 0.2) is 0 Å². The number of carbonyl (C=O) groups is 2. The van der Waals surface area contributed by atoms with Crippen LogP contribution in [0.2, 0.25) is 0 Å². The van der Waals surface area contributed by atoms with Gasteiger partial charge in [0.2, 0.25) is 21.8 Å². The Kier molecular flexibility index (Phi) is 10.7. The monoisotopic (exact) mass is 592 g/mol. The fourth-order valence-corrected chi connectivity index (χ4v) is 8.24. The first kappa shape index (κ1) is 31.7. The van der Waals surface area contributed by atoms with Gasteiger partial charge < -0.3 is 19.3 Å². The topological polar surface area (TPSA) is 99.7 Å². The van der Waals surface area contributed by atoms with E-state index in [2.05, 4.69) is 9.80 Å². The van der Waals surface area contributed by atoms with Crippen LogP contribution in [-0.2, 0) is 24.3 Å². The van der Waals surface area contributed by atoms with Crippen LogP contribution < -0.4 is 4.74 Å². The molecular weight excluding hydrogens is 544 g/mol. The number of likely N-dealkylation sites (tertiary alicyclic amines) is 2. The van der Waals surface area contributed by atoms with Gasteiger partial charge in [-0.3, -0.25) is 14.5 Å². The molecule has 2 heterocycles. The van der Waals surface area contributed by atoms with Crippen LogP contribution in [0.5, 0.6) is 5.75 Å². The highest BCUT2D eigenvalue weighted by molar-refractivity contribution is 7.89. The van der Waals surface area contributed by atoms with Crippen molar-refractivity contribution in [3.63, 3.8) is 0 Å². The predicted octanol–water partition coefficient (Wildman–Crippen LogP) is 2.66. The van der Waals surface area contributed by atoms with Gasteiger partial charge in [0.05, 0.1) is 18.6 Å². The second kappa shape index (κ2) is 13.8. The summed E-state index contributed by atoms with van der Waals surface area (Å²) >= 11 is 0. The summed E-state index contributed by atoms with van der Waals surface area (Å²) in [6, 6.07) is 4.03. The maximum Gasteiger partial charge on any atom is 0.248 e. The molecule has 0 spiro atoms. The zero-order valence-corrected chi connectivity index (χ0v) is 26.2. The number of rotatable bonds is 11. The molecule has 1 aliphatic carbocycles. The molecule has 0 aromatic heterocycles. The average molecular weight is 593 g/mol. The van der Waals surface area contributed by atoms with Crippen molar-refractivity contribution in [3.8, 4) is 5.75 Å². The summed E-state index contributed by atoms with van der Waals surface area (Å²) in [7, 11) is 1.15. The van der Waals surface area contributed by atoms with E-state index in [0.29, 0.717) is 28.8 Å². The van der Waals surface area contributed by atoms with Gasteiger partial charge in [-0.1, -0.05) is 0 Å². The number of hydrogen-bond acceptors (Lipinski definition) is 7. The summed E-state index contributed by atoms with van der Waals surface area (Å²) in [4.78, 5) is 32.6. The van der Waals surface area contributed by atoms with Crippen molar-refractivity contribution < 1.29 is 27.5 Å². The summed E-state index contributed by atoms with van der Waals surface area (Å²) in [6.07, 6.45) is 6.86. The third kappa shape index (κ3) is 7.42. The van der Waals surface area contributed by atoms with Crippen molar-refractivity contribution in [3.05, 3.63) is 23.3 Å². The van der Waals surface area contributed by atoms with E-state index < -0.39 is 10.0 Å². The van der Waals surface area contributed by atoms with E-state index in [4.69, 9.17) is 9.47 Å². The van der Waals surface area contributed by atoms with Crippen LogP contribution in [0.4, 0.5) is 0 Å². The fraction of sp³-hybridized carbons (Fsp3) is 0.733. The number of nitrogens with zero attached hydrogens (tertiary/aromatic N) is 4. The van der Waals surface area contributed by atoms with Crippen LogP contribution in [0.3, 0.4) is 0 Å². The van der Waals surface area contributed by atoms with E-state index in [0.717, 1.165) is 45.2 Å². The van der Waals surface area contributed by atoms with Crippen LogP contribution in [0.15, 0.2) is 17.0 Å². The van der Waals surface area contributed by atoms with Gasteiger partial charge in [0.1, 0.15) is 12.4 Å². The second-order valence-corrected chi connectivity index (χ2v) is 13.9. The van der Waals surface area contributed by atoms with Crippen LogP contribution >= 0.6 is 0 Å². The number of aryl methyl sites for hydroxylation is 2. The van der Waals surface area contributed by atoms with Gasteiger partial charge in [-0.15, -0.1) is 0 Å². The molecule has 41 heavy (non-hydrogen) atoms. The maximum atomic E-state index is 13.2. The molecule has 0 N–H and O–H groups in total. The van der Waals surface area contributed by atoms with Crippen LogP contribution in [0.25, 0.3) is 0 Å². The molecule has 1 atom stereocenters. The zero-order valence-electron chi connectivity index (χ0n) is 25.4. The van der Waals surface area contributed by atoms with Gasteiger partial charge in [0.25, 0.3) is 0 Å². The summed E-state index contributed by atoms with van der Waals surface area (Å²) < 4.78 is 38.5. The quantitative estimate of drug-likeness (QED) is 0.365. The first-order valence-corrected chi connectivity index (χ1v) is 16.4. The van der Waals surface area contributed by atoms with Crippen molar-refractivity contribution in [1.29, 1.82) is 0 Å². The average Bonchev–Trinajstić information content (AvgIpc) is 3.66. The highest BCUT2D eigenvalue weighted by Crippen LogP contribution is 2.31. The number of likely N-dealkylation sites (N-methyl/N-ethyl adjacent to an activating group) is 2. The third-order valence-corrected chi connectivity index (χ3v) is 11.4. The smallest absolute Gasteiger partial charge is 0.248 e. The zero-order chi connectivity index (χ0) is 29.7. The Morgan fingerprint density at radius 2 is 1.61 bits per heavy atom. The molecule has 11 heteroatoms. The molecule has 3 aliphatic rings. The summed E-state index contributed by atoms with van der Waals surface area (Å²) in [5, 5.41) is 0. The lowest BCUT2D eigenvalue weighted by molar-refractivity contribution is -0.139. The molecule has 10 nitrogen and oxygen atoms in total. The molecule has 0 bridgehead atoms. The van der Waals surface area contributed by atoms with Crippen LogP contribution in [0, 0.1) is 19.8 Å². The van der Waals surface area contributed by atoms with Gasteiger partial charge in [-0.2, -0.15) is 4.31 Å². The Hall–Kier alpha value is -2.21. The Morgan fingerprint density at radius 1 is 0.976 bits per heavy atom. The largest absolute Gasteiger partial charge is 0.497 e. The lowest BCUT2D eigenvalue weighted by atomic mass is 9.84. The SMILES string of the molecule is COc1cc(C)c(S(=O)(=O)N(C)CCOCC(=O)N(C)C2CCC(C(=O)N3CC[C@H](N4CCCC4)C3)CC2)c(C)c1. The molecule has 2 amide bonds. The van der Waals surface area contributed by atoms with E-state index in [9.17, 15) is 18.0 Å². The predicted molar refractivity (Wildman–Crippen MR) is 157 cm³/mol. The molecule has 1 aromatic carbocycles. The Balaban J connectivity index is 1.17. The normalized spacial score (nSPS) is 23.8. The van der Waals surface area contributed by atoms with Crippen molar-refractivity contribution in [2.75, 3.05) is 67.1 Å². The van der Waals surface area contributed by atoms with E-state index in [1.165, 1.54) is 37.3 Å². The lowest BCUT2D eigenvalue weighted by Gasteiger charge is -2.35. The van der Waals surface area contributed by atoms with Crippen LogP contribution in [-0.4, -0.2) is 118 Å². The molecule has 2 saturated heterocycles. The van der Waals surface area contributed by atoms with Crippen molar-refractivity contribution in [2.45, 2.75) is 75.8 Å². The number of benzene rings is 1. The summed E-state index contributed by atoms with van der Waals surface area (Å²) in [6.45, 7) is 7.71. The van der Waals surface area contributed by atoms with Crippen molar-refractivity contribution in [1.82, 2.24) is 19.0 Å². The first-order chi connectivity index (χ1) is 19.5. The van der Waals surface area contributed by atoms with E-state index in [-0.39, 0.29) is 42.5 Å². The van der Waals surface area contributed by atoms with E-state index in [1.54, 1.807) is 45.0 Å². The Bertz CT molecular complexity index is 1150. The minimum Gasteiger partial charge on any atom is -0.497 e. The highest BCUT2D eigenvalue weighted by atomic mass is 32.2. The number of amides is 2. The molecule has 3 fully saturated rings. The van der Waals surface area contributed by atoms with Gasteiger partial charge in [-0.05, 0) is 95.1 Å². The van der Waals surface area contributed by atoms with Gasteiger partial charge in [0, 0.05) is 51.7 Å². The van der Waals surface area contributed by atoms with Gasteiger partial charge >= 0.3 is 0 Å². The molecule has 2 aliphatic heterocycles. The summed E-state index contributed by atoms with van der Waals surface area (Å²) in [5.74, 6) is 0.839. The fourth-order valence-electron chi connectivity index (χ4n) is 6.68. The number of ether oxygens (including phenoxy) is 2. The van der Waals surface area contributed by atoms with Gasteiger partial charge in [-0.25, -0.2) is 8.42 Å². The molecular formula is C30H48N4O6S. The third-order valence-electron chi connectivity index (χ3n) is 9.23. The molecule has 0 unspecified atom stereocenters. The van der Waals surface area contributed by atoms with Crippen LogP contribution in [0.1, 0.15) is 56.1 Å². The number of sulfonamides is 1. The lowest BCUT2D eigenvalue weighted by Crippen LogP contribution is -2.44. The standard InChI is InChI=1S/C30H48N4O6S/c1-22-18-27(39-5)19-23(2)29(22)41(37,38)31(3)16-17-40-21-28(35)32(4)25-10-8-24(9-11-25)30(36)34-15-12-26(20-34)33-13-6-7-14-33/h18-19,24-26H,6-17,20-21H2,1-5H3/t24?,25?,26-/m0/s1. The molecule has 0 radical (unpaired) electrons. The van der Waals surface area contributed by atoms with E-state index >= 15 is 0 Å². The highest BCUT2D eigenvalue weighted by Gasteiger charge is 2.36. The molecule has 1 saturated carbocycles. The number of methoxy groups -OCH3 is 1. The minimum absolute atomic E-state index is 0.0544. The maximum absolute atomic E-state index is 13.2. The molecule has 4 rings (SSSR count). The molecule has 230 valence electrons. The number of hydrogen-bond donors (Lipinski definition) is 0. The number of carbonyl (C=O) groups excluding carboxylic acids is 2. The first-order valence-electron chi connectivity index (χ1n) is 15.0. The summed E-state index contributed by atoms with van der Waals surface area (Å²) in [5.41, 5.74) is 1.24. The molecule has 1 aromatic rings. The minimum atomic E-state index is -3.72.